The second-order valence-electron chi connectivity index (χ2n) is 4.50. The van der Waals surface area contributed by atoms with Gasteiger partial charge in [0.1, 0.15) is 6.10 Å². The third-order valence-corrected chi connectivity index (χ3v) is 4.54. The highest BCUT2D eigenvalue weighted by Gasteiger charge is 2.30. The van der Waals surface area contributed by atoms with Crippen molar-refractivity contribution in [3.63, 3.8) is 0 Å². The smallest absolute Gasteiger partial charge is 0.384 e. The molecule has 2 aromatic rings. The molecule has 1 N–H and O–H groups in total. The monoisotopic (exact) mass is 392 g/mol. The Bertz CT molecular complexity index is 606. The van der Waals surface area contributed by atoms with Crippen LogP contribution in [0.3, 0.4) is 0 Å². The summed E-state index contributed by atoms with van der Waals surface area (Å²) in [6.07, 6.45) is -5.29. The number of hydrogen-bond acceptors (Lipinski definition) is 1. The zero-order valence-electron chi connectivity index (χ0n) is 10.6. The Morgan fingerprint density at radius 1 is 1.05 bits per heavy atom. The largest absolute Gasteiger partial charge is 0.416 e. The van der Waals surface area contributed by atoms with E-state index < -0.39 is 17.8 Å². The van der Waals surface area contributed by atoms with Crippen molar-refractivity contribution in [1.82, 2.24) is 0 Å². The summed E-state index contributed by atoms with van der Waals surface area (Å²) in [6.45, 7) is 1.92. The minimum atomic E-state index is -4.36. The van der Waals surface area contributed by atoms with E-state index in [0.717, 1.165) is 21.3 Å². The first-order valence-electron chi connectivity index (χ1n) is 5.91. The number of benzene rings is 2. The summed E-state index contributed by atoms with van der Waals surface area (Å²) in [5, 5.41) is 10.3. The number of alkyl halides is 3. The molecule has 1 atom stereocenters. The third-order valence-electron chi connectivity index (χ3n) is 3.07. The van der Waals surface area contributed by atoms with Crippen LogP contribution in [0.5, 0.6) is 0 Å². The molecule has 0 aromatic heterocycles. The molecule has 0 heterocycles. The minimum absolute atomic E-state index is 0.446. The van der Waals surface area contributed by atoms with Gasteiger partial charge in [0.2, 0.25) is 0 Å². The molecule has 0 aliphatic carbocycles. The lowest BCUT2D eigenvalue weighted by Crippen LogP contribution is -2.07. The summed E-state index contributed by atoms with van der Waals surface area (Å²) < 4.78 is 38.4. The fraction of sp³-hybridized carbons (Fsp3) is 0.200. The number of hydrogen-bond donors (Lipinski definition) is 1. The van der Waals surface area contributed by atoms with Crippen molar-refractivity contribution in [2.24, 2.45) is 0 Å². The van der Waals surface area contributed by atoms with Gasteiger partial charge in [0.05, 0.1) is 5.56 Å². The van der Waals surface area contributed by atoms with Crippen molar-refractivity contribution >= 4 is 22.6 Å². The standard InChI is InChI=1S/C15H12F3IO/c1-9-3-2-4-12(13(9)19)14(20)10-5-7-11(8-6-10)15(16,17)18/h2-8,14,20H,1H3. The van der Waals surface area contributed by atoms with Crippen LogP contribution in [0.15, 0.2) is 42.5 Å². The van der Waals surface area contributed by atoms with E-state index in [1.807, 2.05) is 19.1 Å². The number of aryl methyl sites for hydroxylation is 1. The molecule has 1 nitrogen and oxygen atoms in total. The first kappa shape index (κ1) is 15.3. The number of aliphatic hydroxyl groups is 1. The molecule has 2 rings (SSSR count). The van der Waals surface area contributed by atoms with Crippen molar-refractivity contribution in [3.05, 3.63) is 68.3 Å². The van der Waals surface area contributed by atoms with Gasteiger partial charge in [-0.1, -0.05) is 30.3 Å². The van der Waals surface area contributed by atoms with Crippen LogP contribution >= 0.6 is 22.6 Å². The van der Waals surface area contributed by atoms with Gasteiger partial charge in [-0.15, -0.1) is 0 Å². The molecule has 0 saturated heterocycles. The topological polar surface area (TPSA) is 20.2 Å². The van der Waals surface area contributed by atoms with Gasteiger partial charge in [-0.2, -0.15) is 13.2 Å². The summed E-state index contributed by atoms with van der Waals surface area (Å²) in [4.78, 5) is 0. The molecular formula is C15H12F3IO. The van der Waals surface area contributed by atoms with E-state index in [2.05, 4.69) is 22.6 Å². The number of rotatable bonds is 2. The molecular weight excluding hydrogens is 380 g/mol. The fourth-order valence-corrected chi connectivity index (χ4v) is 2.57. The van der Waals surface area contributed by atoms with Crippen molar-refractivity contribution in [3.8, 4) is 0 Å². The normalized spacial score (nSPS) is 13.3. The van der Waals surface area contributed by atoms with Crippen molar-refractivity contribution < 1.29 is 18.3 Å². The average Bonchev–Trinajstić information content (AvgIpc) is 2.40. The van der Waals surface area contributed by atoms with E-state index in [-0.39, 0.29) is 0 Å². The van der Waals surface area contributed by atoms with Crippen LogP contribution in [0.25, 0.3) is 0 Å². The second kappa shape index (κ2) is 5.73. The SMILES string of the molecule is Cc1cccc(C(O)c2ccc(C(F)(F)F)cc2)c1I. The van der Waals surface area contributed by atoms with Gasteiger partial charge in [-0.05, 0) is 58.3 Å². The van der Waals surface area contributed by atoms with Crippen LogP contribution in [0.4, 0.5) is 13.2 Å². The molecule has 0 saturated carbocycles. The average molecular weight is 392 g/mol. The minimum Gasteiger partial charge on any atom is -0.384 e. The molecule has 2 aromatic carbocycles. The van der Waals surface area contributed by atoms with Crippen LogP contribution in [-0.4, -0.2) is 5.11 Å². The van der Waals surface area contributed by atoms with Crippen LogP contribution in [0.1, 0.15) is 28.4 Å². The summed E-state index contributed by atoms with van der Waals surface area (Å²) in [6, 6.07) is 10.1. The lowest BCUT2D eigenvalue weighted by molar-refractivity contribution is -0.137. The van der Waals surface area contributed by atoms with E-state index >= 15 is 0 Å². The van der Waals surface area contributed by atoms with Gasteiger partial charge in [0, 0.05) is 3.57 Å². The Morgan fingerprint density at radius 3 is 2.20 bits per heavy atom. The zero-order valence-corrected chi connectivity index (χ0v) is 12.7. The number of aliphatic hydroxyl groups excluding tert-OH is 1. The lowest BCUT2D eigenvalue weighted by Gasteiger charge is -2.15. The Balaban J connectivity index is 2.34. The molecule has 20 heavy (non-hydrogen) atoms. The summed E-state index contributed by atoms with van der Waals surface area (Å²) in [5.74, 6) is 0. The van der Waals surface area contributed by atoms with Crippen molar-refractivity contribution in [2.75, 3.05) is 0 Å². The van der Waals surface area contributed by atoms with Crippen LogP contribution in [0, 0.1) is 10.5 Å². The zero-order chi connectivity index (χ0) is 14.9. The van der Waals surface area contributed by atoms with Crippen LogP contribution in [0.2, 0.25) is 0 Å². The van der Waals surface area contributed by atoms with Gasteiger partial charge < -0.3 is 5.11 Å². The maximum atomic E-state index is 12.5. The Morgan fingerprint density at radius 2 is 1.65 bits per heavy atom. The Labute approximate surface area is 128 Å². The van der Waals surface area contributed by atoms with E-state index in [1.54, 1.807) is 6.07 Å². The van der Waals surface area contributed by atoms with Gasteiger partial charge in [0.25, 0.3) is 0 Å². The van der Waals surface area contributed by atoms with Gasteiger partial charge >= 0.3 is 6.18 Å². The predicted molar refractivity (Wildman–Crippen MR) is 79.4 cm³/mol. The molecule has 0 fully saturated rings. The highest BCUT2D eigenvalue weighted by molar-refractivity contribution is 14.1. The van der Waals surface area contributed by atoms with E-state index in [4.69, 9.17) is 0 Å². The molecule has 1 unspecified atom stereocenters. The van der Waals surface area contributed by atoms with E-state index in [9.17, 15) is 18.3 Å². The molecule has 106 valence electrons. The van der Waals surface area contributed by atoms with Crippen LogP contribution < -0.4 is 0 Å². The van der Waals surface area contributed by atoms with Crippen molar-refractivity contribution in [1.29, 1.82) is 0 Å². The highest BCUT2D eigenvalue weighted by atomic mass is 127. The van der Waals surface area contributed by atoms with Crippen molar-refractivity contribution in [2.45, 2.75) is 19.2 Å². The maximum Gasteiger partial charge on any atom is 0.416 e. The molecule has 0 amide bonds. The van der Waals surface area contributed by atoms with Gasteiger partial charge in [0.15, 0.2) is 0 Å². The molecule has 0 radical (unpaired) electrons. The van der Waals surface area contributed by atoms with Gasteiger partial charge in [-0.3, -0.25) is 0 Å². The highest BCUT2D eigenvalue weighted by Crippen LogP contribution is 2.32. The first-order valence-corrected chi connectivity index (χ1v) is 6.99. The predicted octanol–water partition coefficient (Wildman–Crippen LogP) is 4.70. The molecule has 0 spiro atoms. The summed E-state index contributed by atoms with van der Waals surface area (Å²) in [7, 11) is 0. The quantitative estimate of drug-likeness (QED) is 0.735. The fourth-order valence-electron chi connectivity index (χ4n) is 1.92. The lowest BCUT2D eigenvalue weighted by atomic mass is 9.99. The second-order valence-corrected chi connectivity index (χ2v) is 5.58. The van der Waals surface area contributed by atoms with E-state index in [0.29, 0.717) is 11.1 Å². The molecule has 0 bridgehead atoms. The number of halogens is 4. The van der Waals surface area contributed by atoms with E-state index in [1.165, 1.54) is 12.1 Å². The first-order chi connectivity index (χ1) is 9.30. The Kier molecular flexibility index (Phi) is 4.39. The summed E-state index contributed by atoms with van der Waals surface area (Å²) in [5.41, 5.74) is 1.45. The molecule has 0 aliphatic rings. The maximum absolute atomic E-state index is 12.5. The Hall–Kier alpha value is -1.08. The van der Waals surface area contributed by atoms with Crippen LogP contribution in [-0.2, 0) is 6.18 Å². The molecule has 0 aliphatic heterocycles. The third kappa shape index (κ3) is 3.15. The van der Waals surface area contributed by atoms with Gasteiger partial charge in [-0.25, -0.2) is 0 Å². The summed E-state index contributed by atoms with van der Waals surface area (Å²) >= 11 is 2.13. The molecule has 5 heteroatoms.